The summed E-state index contributed by atoms with van der Waals surface area (Å²) in [6, 6.07) is 8.65. The third-order valence-corrected chi connectivity index (χ3v) is 3.79. The van der Waals surface area contributed by atoms with Crippen LogP contribution in [0.1, 0.15) is 26.3 Å². The van der Waals surface area contributed by atoms with Crippen molar-refractivity contribution in [2.75, 3.05) is 19.8 Å². The lowest BCUT2D eigenvalue weighted by atomic mass is 9.94. The van der Waals surface area contributed by atoms with Gasteiger partial charge in [-0.2, -0.15) is 0 Å². The third kappa shape index (κ3) is 6.03. The standard InChI is InChI=1S/C18H26N2O5/c1-17(2,3)25-16(23)19-10-18(11-24-12-18)20-14(15(21)22)9-13-7-5-4-6-8-13/h4-8,14,20H,9-12H2,1-3H3,(H,19,23)(H,21,22)/t14-/m0/s1. The number of alkyl carbamates (subject to hydrolysis) is 1. The Morgan fingerprint density at radius 1 is 1.28 bits per heavy atom. The van der Waals surface area contributed by atoms with Gasteiger partial charge in [0.05, 0.1) is 18.8 Å². The lowest BCUT2D eigenvalue weighted by molar-refractivity contribution is -0.143. The van der Waals surface area contributed by atoms with Crippen LogP contribution in [0.25, 0.3) is 0 Å². The number of carbonyl (C=O) groups is 2. The van der Waals surface area contributed by atoms with Crippen molar-refractivity contribution in [3.8, 4) is 0 Å². The zero-order chi connectivity index (χ0) is 18.5. The van der Waals surface area contributed by atoms with Crippen molar-refractivity contribution in [1.82, 2.24) is 10.6 Å². The van der Waals surface area contributed by atoms with E-state index in [1.54, 1.807) is 20.8 Å². The Kier molecular flexibility index (Phi) is 6.02. The van der Waals surface area contributed by atoms with E-state index in [1.165, 1.54) is 0 Å². The van der Waals surface area contributed by atoms with E-state index in [4.69, 9.17) is 9.47 Å². The van der Waals surface area contributed by atoms with Gasteiger partial charge in [0.25, 0.3) is 0 Å². The molecule has 0 saturated carbocycles. The van der Waals surface area contributed by atoms with Crippen LogP contribution in [0, 0.1) is 0 Å². The van der Waals surface area contributed by atoms with Gasteiger partial charge < -0.3 is 19.9 Å². The molecule has 1 aliphatic rings. The number of nitrogens with one attached hydrogen (secondary N) is 2. The molecule has 138 valence electrons. The van der Waals surface area contributed by atoms with Crippen molar-refractivity contribution in [2.45, 2.75) is 44.4 Å². The molecule has 3 N–H and O–H groups in total. The maximum absolute atomic E-state index is 11.8. The molecule has 1 fully saturated rings. The Hall–Kier alpha value is -2.12. The fourth-order valence-corrected chi connectivity index (χ4v) is 2.56. The van der Waals surface area contributed by atoms with Crippen LogP contribution in [0.2, 0.25) is 0 Å². The highest BCUT2D eigenvalue weighted by molar-refractivity contribution is 5.74. The first-order chi connectivity index (χ1) is 11.7. The highest BCUT2D eigenvalue weighted by atomic mass is 16.6. The molecular formula is C18H26N2O5. The van der Waals surface area contributed by atoms with Gasteiger partial charge in [-0.1, -0.05) is 30.3 Å². The molecule has 25 heavy (non-hydrogen) atoms. The molecule has 0 aliphatic carbocycles. The second-order valence-electron chi connectivity index (χ2n) is 7.35. The number of amides is 1. The fourth-order valence-electron chi connectivity index (χ4n) is 2.56. The molecule has 0 bridgehead atoms. The number of carboxylic acids is 1. The third-order valence-electron chi connectivity index (χ3n) is 3.79. The molecule has 2 rings (SSSR count). The number of carbonyl (C=O) groups excluding carboxylic acids is 1. The minimum Gasteiger partial charge on any atom is -0.480 e. The molecule has 1 heterocycles. The molecule has 1 aromatic rings. The van der Waals surface area contributed by atoms with Crippen molar-refractivity contribution in [1.29, 1.82) is 0 Å². The number of benzene rings is 1. The first kappa shape index (κ1) is 19.2. The van der Waals surface area contributed by atoms with E-state index >= 15 is 0 Å². The van der Waals surface area contributed by atoms with Gasteiger partial charge in [0, 0.05) is 6.54 Å². The molecule has 7 nitrogen and oxygen atoms in total. The second-order valence-corrected chi connectivity index (χ2v) is 7.35. The predicted molar refractivity (Wildman–Crippen MR) is 92.5 cm³/mol. The summed E-state index contributed by atoms with van der Waals surface area (Å²) < 4.78 is 10.5. The monoisotopic (exact) mass is 350 g/mol. The number of carboxylic acid groups (broad SMARTS) is 1. The largest absolute Gasteiger partial charge is 0.480 e. The Balaban J connectivity index is 1.95. The van der Waals surface area contributed by atoms with Crippen LogP contribution in [0.5, 0.6) is 0 Å². The van der Waals surface area contributed by atoms with Crippen LogP contribution in [0.4, 0.5) is 4.79 Å². The quantitative estimate of drug-likeness (QED) is 0.691. The number of hydrogen-bond donors (Lipinski definition) is 3. The van der Waals surface area contributed by atoms with Gasteiger partial charge in [0.2, 0.25) is 0 Å². The van der Waals surface area contributed by atoms with Gasteiger partial charge in [0.1, 0.15) is 11.6 Å². The van der Waals surface area contributed by atoms with Gasteiger partial charge in [-0.25, -0.2) is 4.79 Å². The first-order valence-corrected chi connectivity index (χ1v) is 8.28. The zero-order valence-corrected chi connectivity index (χ0v) is 14.9. The van der Waals surface area contributed by atoms with Crippen LogP contribution >= 0.6 is 0 Å². The van der Waals surface area contributed by atoms with E-state index in [9.17, 15) is 14.7 Å². The van der Waals surface area contributed by atoms with Crippen LogP contribution in [-0.4, -0.2) is 54.1 Å². The van der Waals surface area contributed by atoms with Gasteiger partial charge in [-0.05, 0) is 32.8 Å². The number of rotatable bonds is 7. The van der Waals surface area contributed by atoms with Crippen molar-refractivity contribution in [3.63, 3.8) is 0 Å². The second kappa shape index (κ2) is 7.84. The molecule has 1 saturated heterocycles. The van der Waals surface area contributed by atoms with Crippen molar-refractivity contribution in [3.05, 3.63) is 35.9 Å². The van der Waals surface area contributed by atoms with Gasteiger partial charge >= 0.3 is 12.1 Å². The summed E-state index contributed by atoms with van der Waals surface area (Å²) in [6.07, 6.45) is -0.180. The topological polar surface area (TPSA) is 96.9 Å². The Labute approximate surface area is 147 Å². The summed E-state index contributed by atoms with van der Waals surface area (Å²) in [5.41, 5.74) is -0.259. The average molecular weight is 350 g/mol. The minimum absolute atomic E-state index is 0.237. The normalized spacial score (nSPS) is 17.2. The smallest absolute Gasteiger partial charge is 0.407 e. The molecule has 0 aromatic heterocycles. The van der Waals surface area contributed by atoms with E-state index in [0.717, 1.165) is 5.56 Å². The lowest BCUT2D eigenvalue weighted by Crippen LogP contribution is -2.69. The predicted octanol–water partition coefficient (Wildman–Crippen LogP) is 1.57. The van der Waals surface area contributed by atoms with Crippen molar-refractivity contribution >= 4 is 12.1 Å². The highest BCUT2D eigenvalue weighted by Gasteiger charge is 2.42. The lowest BCUT2D eigenvalue weighted by Gasteiger charge is -2.44. The Bertz CT molecular complexity index is 593. The summed E-state index contributed by atoms with van der Waals surface area (Å²) >= 11 is 0. The summed E-state index contributed by atoms with van der Waals surface area (Å²) in [5, 5.41) is 15.4. The molecule has 0 spiro atoms. The Morgan fingerprint density at radius 2 is 1.92 bits per heavy atom. The van der Waals surface area contributed by atoms with Gasteiger partial charge in [-0.15, -0.1) is 0 Å². The number of hydrogen-bond acceptors (Lipinski definition) is 5. The highest BCUT2D eigenvalue weighted by Crippen LogP contribution is 2.19. The van der Waals surface area contributed by atoms with Crippen molar-refractivity contribution < 1.29 is 24.2 Å². The van der Waals surface area contributed by atoms with E-state index in [2.05, 4.69) is 10.6 Å². The molecule has 1 atom stereocenters. The van der Waals surface area contributed by atoms with Crippen LogP contribution in [0.3, 0.4) is 0 Å². The number of aliphatic carboxylic acids is 1. The molecule has 1 aliphatic heterocycles. The summed E-state index contributed by atoms with van der Waals surface area (Å²) in [6.45, 7) is 6.26. The molecular weight excluding hydrogens is 324 g/mol. The fraction of sp³-hybridized carbons (Fsp3) is 0.556. The summed E-state index contributed by atoms with van der Waals surface area (Å²) in [5.74, 6) is -0.938. The molecule has 1 amide bonds. The molecule has 1 aromatic carbocycles. The number of ether oxygens (including phenoxy) is 2. The average Bonchev–Trinajstić information content (AvgIpc) is 2.47. The SMILES string of the molecule is CC(C)(C)OC(=O)NCC1(N[C@@H](Cc2ccccc2)C(=O)O)COC1. The van der Waals surface area contributed by atoms with Gasteiger partial charge in [-0.3, -0.25) is 10.1 Å². The van der Waals surface area contributed by atoms with Gasteiger partial charge in [0.15, 0.2) is 0 Å². The molecule has 0 radical (unpaired) electrons. The maximum Gasteiger partial charge on any atom is 0.407 e. The molecule has 0 unspecified atom stereocenters. The van der Waals surface area contributed by atoms with E-state index in [1.807, 2.05) is 30.3 Å². The Morgan fingerprint density at radius 3 is 2.40 bits per heavy atom. The minimum atomic E-state index is -0.938. The molecule has 7 heteroatoms. The zero-order valence-electron chi connectivity index (χ0n) is 14.9. The van der Waals surface area contributed by atoms with E-state index < -0.39 is 29.2 Å². The van der Waals surface area contributed by atoms with Crippen LogP contribution in [0.15, 0.2) is 30.3 Å². The van der Waals surface area contributed by atoms with Crippen molar-refractivity contribution in [2.24, 2.45) is 0 Å². The summed E-state index contributed by atoms with van der Waals surface area (Å²) in [4.78, 5) is 23.5. The summed E-state index contributed by atoms with van der Waals surface area (Å²) in [7, 11) is 0. The first-order valence-electron chi connectivity index (χ1n) is 8.28. The maximum atomic E-state index is 11.8. The van der Waals surface area contributed by atoms with E-state index in [0.29, 0.717) is 19.6 Å². The van der Waals surface area contributed by atoms with Crippen LogP contribution in [-0.2, 0) is 20.7 Å². The van der Waals surface area contributed by atoms with E-state index in [-0.39, 0.29) is 6.54 Å². The van der Waals surface area contributed by atoms with Crippen LogP contribution < -0.4 is 10.6 Å².